The van der Waals surface area contributed by atoms with Crippen molar-refractivity contribution >= 4 is 17.3 Å². The van der Waals surface area contributed by atoms with Gasteiger partial charge in [0.25, 0.3) is 0 Å². The lowest BCUT2D eigenvalue weighted by atomic mass is 9.77. The Labute approximate surface area is 132 Å². The fraction of sp³-hybridized carbons (Fsp3) is 0.222. The number of hydrogen-bond acceptors (Lipinski definition) is 1. The topological polar surface area (TPSA) is 12.0 Å². The monoisotopic (exact) mass is 317 g/mol. The van der Waals surface area contributed by atoms with E-state index in [1.165, 1.54) is 6.07 Å². The van der Waals surface area contributed by atoms with E-state index in [4.69, 9.17) is 11.6 Å². The lowest BCUT2D eigenvalue weighted by molar-refractivity contribution is 0.418. The van der Waals surface area contributed by atoms with Gasteiger partial charge in [-0.1, -0.05) is 35.9 Å². The van der Waals surface area contributed by atoms with Crippen LogP contribution in [0.25, 0.3) is 0 Å². The molecule has 0 unspecified atom stereocenters. The molecule has 3 atom stereocenters. The molecular weight excluding hydrogens is 304 g/mol. The van der Waals surface area contributed by atoms with Crippen LogP contribution in [0.15, 0.2) is 48.6 Å². The second-order valence-electron chi connectivity index (χ2n) is 5.88. The van der Waals surface area contributed by atoms with Gasteiger partial charge in [-0.3, -0.25) is 0 Å². The van der Waals surface area contributed by atoms with Crippen LogP contribution in [0.3, 0.4) is 0 Å². The second kappa shape index (κ2) is 5.10. The van der Waals surface area contributed by atoms with Crippen LogP contribution < -0.4 is 5.32 Å². The molecule has 22 heavy (non-hydrogen) atoms. The molecule has 2 aliphatic rings. The molecule has 2 aromatic carbocycles. The molecule has 1 heterocycles. The van der Waals surface area contributed by atoms with Gasteiger partial charge in [-0.15, -0.1) is 0 Å². The molecule has 0 fully saturated rings. The maximum absolute atomic E-state index is 14.2. The van der Waals surface area contributed by atoms with E-state index in [0.717, 1.165) is 18.1 Å². The first-order chi connectivity index (χ1) is 10.6. The van der Waals surface area contributed by atoms with E-state index in [-0.39, 0.29) is 17.9 Å². The highest BCUT2D eigenvalue weighted by Gasteiger charge is 2.39. The van der Waals surface area contributed by atoms with Crippen molar-refractivity contribution in [3.05, 3.63) is 76.3 Å². The molecule has 4 rings (SSSR count). The summed E-state index contributed by atoms with van der Waals surface area (Å²) in [7, 11) is 0. The lowest BCUT2D eigenvalue weighted by Gasteiger charge is -2.37. The summed E-state index contributed by atoms with van der Waals surface area (Å²) in [6.07, 6.45) is 5.05. The predicted octanol–water partition coefficient (Wildman–Crippen LogP) is 5.44. The van der Waals surface area contributed by atoms with Gasteiger partial charge in [-0.2, -0.15) is 0 Å². The smallest absolute Gasteiger partial charge is 0.149 e. The molecule has 1 N–H and O–H groups in total. The van der Waals surface area contributed by atoms with Gasteiger partial charge in [0.2, 0.25) is 0 Å². The van der Waals surface area contributed by atoms with Gasteiger partial charge < -0.3 is 5.32 Å². The Balaban J connectivity index is 1.82. The van der Waals surface area contributed by atoms with Crippen molar-refractivity contribution < 1.29 is 8.78 Å². The van der Waals surface area contributed by atoms with Crippen molar-refractivity contribution in [3.63, 3.8) is 0 Å². The normalized spacial score (nSPS) is 25.5. The minimum Gasteiger partial charge on any atom is -0.375 e. The summed E-state index contributed by atoms with van der Waals surface area (Å²) < 4.78 is 27.8. The fourth-order valence-corrected chi connectivity index (χ4v) is 3.75. The lowest BCUT2D eigenvalue weighted by Crippen LogP contribution is -2.29. The largest absolute Gasteiger partial charge is 0.375 e. The van der Waals surface area contributed by atoms with Crippen LogP contribution in [0.4, 0.5) is 14.5 Å². The van der Waals surface area contributed by atoms with Gasteiger partial charge in [0, 0.05) is 17.0 Å². The van der Waals surface area contributed by atoms with Gasteiger partial charge in [0.15, 0.2) is 0 Å². The van der Waals surface area contributed by atoms with Crippen molar-refractivity contribution in [3.8, 4) is 0 Å². The molecule has 2 aromatic rings. The predicted molar refractivity (Wildman–Crippen MR) is 84.2 cm³/mol. The van der Waals surface area contributed by atoms with Crippen LogP contribution in [0, 0.1) is 17.6 Å². The van der Waals surface area contributed by atoms with E-state index in [9.17, 15) is 8.78 Å². The summed E-state index contributed by atoms with van der Waals surface area (Å²) in [5.74, 6) is -0.758. The summed E-state index contributed by atoms with van der Waals surface area (Å²) in [5, 5.41) is 3.95. The summed E-state index contributed by atoms with van der Waals surface area (Å²) in [5.41, 5.74) is 2.19. The zero-order chi connectivity index (χ0) is 15.3. The molecule has 0 radical (unpaired) electrons. The highest BCUT2D eigenvalue weighted by molar-refractivity contribution is 6.30. The first kappa shape index (κ1) is 13.8. The molecule has 1 aliphatic heterocycles. The van der Waals surface area contributed by atoms with E-state index >= 15 is 0 Å². The molecule has 112 valence electrons. The Kier molecular flexibility index (Phi) is 3.19. The Bertz CT molecular complexity index is 754. The van der Waals surface area contributed by atoms with Gasteiger partial charge in [-0.25, -0.2) is 8.78 Å². The highest BCUT2D eigenvalue weighted by atomic mass is 35.5. The Morgan fingerprint density at radius 3 is 2.64 bits per heavy atom. The van der Waals surface area contributed by atoms with Crippen LogP contribution >= 0.6 is 11.6 Å². The number of hydrogen-bond donors (Lipinski definition) is 1. The minimum atomic E-state index is -0.535. The number of allylic oxidation sites excluding steroid dienone is 2. The number of nitrogens with one attached hydrogen (secondary N) is 1. The molecule has 0 bridgehead atoms. The van der Waals surface area contributed by atoms with Crippen molar-refractivity contribution in [1.82, 2.24) is 0 Å². The van der Waals surface area contributed by atoms with Gasteiger partial charge in [0.05, 0.1) is 11.7 Å². The quantitative estimate of drug-likeness (QED) is 0.690. The van der Waals surface area contributed by atoms with Crippen LogP contribution in [-0.2, 0) is 0 Å². The minimum absolute atomic E-state index is 0.00951. The zero-order valence-corrected chi connectivity index (χ0v) is 12.4. The van der Waals surface area contributed by atoms with Gasteiger partial charge >= 0.3 is 0 Å². The molecule has 0 saturated carbocycles. The molecule has 0 aromatic heterocycles. The molecule has 0 saturated heterocycles. The fourth-order valence-electron chi connectivity index (χ4n) is 3.62. The van der Waals surface area contributed by atoms with Crippen molar-refractivity contribution in [1.29, 1.82) is 0 Å². The Hall–Kier alpha value is -1.87. The number of halogens is 3. The summed E-state index contributed by atoms with van der Waals surface area (Å²) >= 11 is 5.95. The maximum atomic E-state index is 14.2. The molecule has 0 spiro atoms. The van der Waals surface area contributed by atoms with Crippen LogP contribution in [0.1, 0.15) is 29.5 Å². The standard InChI is InChI=1S/C18H14ClF2N/c19-11-6-4-10(5-7-11)17-14-3-1-2-13(14)15-8-12(20)9-16(21)18(15)22-17/h1-2,4-9,13-14,17,22H,3H2/t13-,14-,17+/m1/s1. The summed E-state index contributed by atoms with van der Waals surface area (Å²) in [6, 6.07) is 9.97. The van der Waals surface area contributed by atoms with Crippen molar-refractivity contribution in [2.75, 3.05) is 5.32 Å². The molecular formula is C18H14ClF2N. The SMILES string of the molecule is Fc1cc(F)c2c(c1)[C@@H]1C=CC[C@H]1[C@H](c1ccc(Cl)cc1)N2. The van der Waals surface area contributed by atoms with Crippen LogP contribution in [-0.4, -0.2) is 0 Å². The second-order valence-corrected chi connectivity index (χ2v) is 6.32. The number of rotatable bonds is 1. The number of fused-ring (bicyclic) bond motifs is 3. The Morgan fingerprint density at radius 1 is 1.09 bits per heavy atom. The number of anilines is 1. The van der Waals surface area contributed by atoms with Gasteiger partial charge in [0.1, 0.15) is 11.6 Å². The summed E-state index contributed by atoms with van der Waals surface area (Å²) in [4.78, 5) is 0. The molecule has 0 amide bonds. The van der Waals surface area contributed by atoms with E-state index in [0.29, 0.717) is 16.3 Å². The van der Waals surface area contributed by atoms with Gasteiger partial charge in [-0.05, 0) is 41.7 Å². The van der Waals surface area contributed by atoms with Crippen molar-refractivity contribution in [2.24, 2.45) is 5.92 Å². The third-order valence-electron chi connectivity index (χ3n) is 4.61. The molecule has 1 nitrogen and oxygen atoms in total. The molecule has 4 heteroatoms. The first-order valence-electron chi connectivity index (χ1n) is 7.31. The van der Waals surface area contributed by atoms with E-state index in [1.807, 2.05) is 24.3 Å². The van der Waals surface area contributed by atoms with Crippen molar-refractivity contribution in [2.45, 2.75) is 18.4 Å². The highest BCUT2D eigenvalue weighted by Crippen LogP contribution is 2.50. The third kappa shape index (κ3) is 2.12. The molecule has 1 aliphatic carbocycles. The van der Waals surface area contributed by atoms with E-state index < -0.39 is 11.6 Å². The average Bonchev–Trinajstić information content (AvgIpc) is 2.97. The van der Waals surface area contributed by atoms with E-state index in [2.05, 4.69) is 17.5 Å². The Morgan fingerprint density at radius 2 is 1.86 bits per heavy atom. The zero-order valence-electron chi connectivity index (χ0n) is 11.7. The van der Waals surface area contributed by atoms with Crippen LogP contribution in [0.5, 0.6) is 0 Å². The average molecular weight is 318 g/mol. The first-order valence-corrected chi connectivity index (χ1v) is 7.69. The van der Waals surface area contributed by atoms with E-state index in [1.54, 1.807) is 0 Å². The number of benzene rings is 2. The third-order valence-corrected chi connectivity index (χ3v) is 4.87. The maximum Gasteiger partial charge on any atom is 0.149 e. The van der Waals surface area contributed by atoms with Crippen LogP contribution in [0.2, 0.25) is 5.02 Å². The summed E-state index contributed by atoms with van der Waals surface area (Å²) in [6.45, 7) is 0.